The Morgan fingerprint density at radius 3 is 1.89 bits per heavy atom. The van der Waals surface area contributed by atoms with E-state index in [1.54, 1.807) is 0 Å². The Morgan fingerprint density at radius 2 is 1.14 bits per heavy atom. The zero-order chi connectivity index (χ0) is 24.7. The van der Waals surface area contributed by atoms with Crippen LogP contribution in [0.1, 0.15) is 25.0 Å². The van der Waals surface area contributed by atoms with Gasteiger partial charge in [-0.05, 0) is 72.1 Å². The molecule has 37 heavy (non-hydrogen) atoms. The number of hydrogen-bond donors (Lipinski definition) is 0. The van der Waals surface area contributed by atoms with Gasteiger partial charge in [-0.3, -0.25) is 4.98 Å². The molecule has 1 aliphatic carbocycles. The molecule has 8 rings (SSSR count). The van der Waals surface area contributed by atoms with E-state index in [-0.39, 0.29) is 5.41 Å². The average molecular weight is 472 g/mol. The Labute approximate surface area is 216 Å². The molecule has 0 saturated heterocycles. The Kier molecular flexibility index (Phi) is 4.06. The Balaban J connectivity index is 1.49. The molecular formula is C36H25N. The molecule has 0 radical (unpaired) electrons. The second-order valence-electron chi connectivity index (χ2n) is 10.8. The molecule has 0 fully saturated rings. The van der Waals surface area contributed by atoms with Crippen LogP contribution in [0.4, 0.5) is 0 Å². The second-order valence-corrected chi connectivity index (χ2v) is 10.8. The SMILES string of the molecule is CC1(C)c2ccc(-c3cc4ccccc4cn3)cc2-c2c1ccc1c3ccccc3c3ccccc3c21. The van der Waals surface area contributed by atoms with E-state index >= 15 is 0 Å². The minimum absolute atomic E-state index is 0.0685. The van der Waals surface area contributed by atoms with Crippen LogP contribution in [0.25, 0.3) is 65.5 Å². The molecule has 7 aromatic rings. The van der Waals surface area contributed by atoms with Crippen molar-refractivity contribution in [3.05, 3.63) is 127 Å². The molecule has 174 valence electrons. The lowest BCUT2D eigenvalue weighted by molar-refractivity contribution is 0.661. The lowest BCUT2D eigenvalue weighted by Crippen LogP contribution is -2.14. The van der Waals surface area contributed by atoms with Gasteiger partial charge >= 0.3 is 0 Å². The summed E-state index contributed by atoms with van der Waals surface area (Å²) in [5, 5.41) is 10.4. The third-order valence-electron chi connectivity index (χ3n) is 8.47. The van der Waals surface area contributed by atoms with Crippen LogP contribution in [0.2, 0.25) is 0 Å². The van der Waals surface area contributed by atoms with E-state index in [2.05, 4.69) is 123 Å². The van der Waals surface area contributed by atoms with E-state index in [1.807, 2.05) is 6.20 Å². The standard InChI is InChI=1S/C36H25N/c1-36(2)31-17-15-23(33-20-22-9-3-4-10-24(22)21-37-33)19-30(31)35-32(36)18-16-29-27-13-6-5-11-25(27)26-12-7-8-14-28(26)34(29)35/h3-21H,1-2H3. The summed E-state index contributed by atoms with van der Waals surface area (Å²) in [4.78, 5) is 4.85. The fraction of sp³-hybridized carbons (Fsp3) is 0.0833. The fourth-order valence-electron chi connectivity index (χ4n) is 6.64. The summed E-state index contributed by atoms with van der Waals surface area (Å²) in [6, 6.07) is 40.1. The molecule has 0 unspecified atom stereocenters. The van der Waals surface area contributed by atoms with Gasteiger partial charge in [-0.25, -0.2) is 0 Å². The molecule has 1 heterocycles. The largest absolute Gasteiger partial charge is 0.256 e. The van der Waals surface area contributed by atoms with Gasteiger partial charge in [0.25, 0.3) is 0 Å². The fourth-order valence-corrected chi connectivity index (χ4v) is 6.64. The summed E-state index contributed by atoms with van der Waals surface area (Å²) in [5.74, 6) is 0. The van der Waals surface area contributed by atoms with Gasteiger partial charge < -0.3 is 0 Å². The van der Waals surface area contributed by atoms with E-state index in [9.17, 15) is 0 Å². The van der Waals surface area contributed by atoms with Gasteiger partial charge in [-0.15, -0.1) is 0 Å². The molecular weight excluding hydrogens is 446 g/mol. The number of aromatic nitrogens is 1. The quantitative estimate of drug-likeness (QED) is 0.217. The van der Waals surface area contributed by atoms with Crippen molar-refractivity contribution in [2.45, 2.75) is 19.3 Å². The van der Waals surface area contributed by atoms with Crippen molar-refractivity contribution in [2.75, 3.05) is 0 Å². The number of benzene rings is 6. The lowest BCUT2D eigenvalue weighted by atomic mass is 9.81. The molecule has 6 aromatic carbocycles. The summed E-state index contributed by atoms with van der Waals surface area (Å²) in [6.07, 6.45) is 1.99. The molecule has 1 nitrogen and oxygen atoms in total. The first-order chi connectivity index (χ1) is 18.1. The third-order valence-corrected chi connectivity index (χ3v) is 8.47. The summed E-state index contributed by atoms with van der Waals surface area (Å²) >= 11 is 0. The Morgan fingerprint density at radius 1 is 0.541 bits per heavy atom. The van der Waals surface area contributed by atoms with E-state index < -0.39 is 0 Å². The number of rotatable bonds is 1. The van der Waals surface area contributed by atoms with Crippen molar-refractivity contribution in [1.82, 2.24) is 4.98 Å². The van der Waals surface area contributed by atoms with Gasteiger partial charge in [0, 0.05) is 22.6 Å². The zero-order valence-corrected chi connectivity index (χ0v) is 20.9. The summed E-state index contributed by atoms with van der Waals surface area (Å²) < 4.78 is 0. The van der Waals surface area contributed by atoms with Crippen LogP contribution in [-0.2, 0) is 5.41 Å². The number of fused-ring (bicyclic) bond motifs is 11. The minimum Gasteiger partial charge on any atom is -0.256 e. The number of hydrogen-bond acceptors (Lipinski definition) is 1. The van der Waals surface area contributed by atoms with E-state index in [0.717, 1.165) is 11.3 Å². The second kappa shape index (κ2) is 7.27. The summed E-state index contributed by atoms with van der Waals surface area (Å²) in [5.41, 5.74) is 7.61. The maximum atomic E-state index is 4.85. The normalized spacial score (nSPS) is 13.9. The van der Waals surface area contributed by atoms with Crippen LogP contribution in [0.3, 0.4) is 0 Å². The number of pyridine rings is 1. The van der Waals surface area contributed by atoms with Crippen LogP contribution in [0.15, 0.2) is 115 Å². The van der Waals surface area contributed by atoms with Crippen LogP contribution >= 0.6 is 0 Å². The van der Waals surface area contributed by atoms with Gasteiger partial charge in [-0.2, -0.15) is 0 Å². The van der Waals surface area contributed by atoms with Gasteiger partial charge in [0.1, 0.15) is 0 Å². The molecule has 0 atom stereocenters. The molecule has 0 spiro atoms. The lowest BCUT2D eigenvalue weighted by Gasteiger charge is -2.22. The van der Waals surface area contributed by atoms with Gasteiger partial charge in [0.15, 0.2) is 0 Å². The van der Waals surface area contributed by atoms with Crippen molar-refractivity contribution in [3.8, 4) is 22.4 Å². The average Bonchev–Trinajstić information content (AvgIpc) is 3.18. The van der Waals surface area contributed by atoms with Crippen molar-refractivity contribution < 1.29 is 0 Å². The highest BCUT2D eigenvalue weighted by atomic mass is 14.7. The summed E-state index contributed by atoms with van der Waals surface area (Å²) in [7, 11) is 0. The van der Waals surface area contributed by atoms with Crippen LogP contribution < -0.4 is 0 Å². The first kappa shape index (κ1) is 20.7. The molecule has 0 N–H and O–H groups in total. The van der Waals surface area contributed by atoms with Crippen molar-refractivity contribution >= 4 is 43.1 Å². The summed E-state index contributed by atoms with van der Waals surface area (Å²) in [6.45, 7) is 4.72. The predicted octanol–water partition coefficient (Wildman–Crippen LogP) is 9.67. The topological polar surface area (TPSA) is 12.9 Å². The molecule has 0 bridgehead atoms. The van der Waals surface area contributed by atoms with Gasteiger partial charge in [-0.1, -0.05) is 111 Å². The van der Waals surface area contributed by atoms with Crippen molar-refractivity contribution in [1.29, 1.82) is 0 Å². The highest BCUT2D eigenvalue weighted by Gasteiger charge is 2.37. The Hall–Kier alpha value is -4.49. The highest BCUT2D eigenvalue weighted by Crippen LogP contribution is 2.54. The maximum Gasteiger partial charge on any atom is 0.0708 e. The van der Waals surface area contributed by atoms with Crippen LogP contribution in [-0.4, -0.2) is 4.98 Å². The van der Waals surface area contributed by atoms with Crippen molar-refractivity contribution in [3.63, 3.8) is 0 Å². The smallest absolute Gasteiger partial charge is 0.0708 e. The van der Waals surface area contributed by atoms with E-state index in [4.69, 9.17) is 4.98 Å². The van der Waals surface area contributed by atoms with E-state index in [1.165, 1.54) is 65.3 Å². The molecule has 1 heteroatoms. The highest BCUT2D eigenvalue weighted by molar-refractivity contribution is 6.29. The predicted molar refractivity (Wildman–Crippen MR) is 157 cm³/mol. The Bertz CT molecular complexity index is 2030. The van der Waals surface area contributed by atoms with E-state index in [0.29, 0.717) is 0 Å². The molecule has 1 aliphatic rings. The first-order valence-electron chi connectivity index (χ1n) is 13.0. The minimum atomic E-state index is -0.0685. The molecule has 0 aliphatic heterocycles. The van der Waals surface area contributed by atoms with Crippen LogP contribution in [0, 0.1) is 0 Å². The molecule has 0 saturated carbocycles. The molecule has 0 amide bonds. The zero-order valence-electron chi connectivity index (χ0n) is 20.9. The monoisotopic (exact) mass is 471 g/mol. The first-order valence-corrected chi connectivity index (χ1v) is 13.0. The van der Waals surface area contributed by atoms with Crippen LogP contribution in [0.5, 0.6) is 0 Å². The third kappa shape index (κ3) is 2.77. The number of nitrogens with zero attached hydrogens (tertiary/aromatic N) is 1. The van der Waals surface area contributed by atoms with Crippen molar-refractivity contribution in [2.24, 2.45) is 0 Å². The van der Waals surface area contributed by atoms with Gasteiger partial charge in [0.05, 0.1) is 5.69 Å². The van der Waals surface area contributed by atoms with Gasteiger partial charge in [0.2, 0.25) is 0 Å². The maximum absolute atomic E-state index is 4.85. The molecule has 1 aromatic heterocycles.